The molecule has 45 heavy (non-hydrogen) atoms. The predicted octanol–water partition coefficient (Wildman–Crippen LogP) is 5.76. The van der Waals surface area contributed by atoms with Gasteiger partial charge in [0.15, 0.2) is 0 Å². The second-order valence-corrected chi connectivity index (χ2v) is 10.9. The Labute approximate surface area is 258 Å². The first-order chi connectivity index (χ1) is 21.5. The topological polar surface area (TPSA) is 131 Å². The number of ether oxygens (including phenoxy) is 2. The van der Waals surface area contributed by atoms with Gasteiger partial charge >= 0.3 is 12.1 Å². The van der Waals surface area contributed by atoms with E-state index >= 15 is 0 Å². The van der Waals surface area contributed by atoms with E-state index < -0.39 is 23.5 Å². The Hall–Kier alpha value is -4.75. The van der Waals surface area contributed by atoms with Crippen LogP contribution in [0.25, 0.3) is 22.6 Å². The summed E-state index contributed by atoms with van der Waals surface area (Å²) < 4.78 is 57.0. The smallest absolute Gasteiger partial charge is 0.419 e. The zero-order chi connectivity index (χ0) is 32.3. The fraction of sp³-hybridized carbons (Fsp3) is 0.312. The zero-order valence-corrected chi connectivity index (χ0v) is 25.0. The largest absolute Gasteiger partial charge is 0.480 e. The first-order valence-electron chi connectivity index (χ1n) is 14.3. The van der Waals surface area contributed by atoms with Gasteiger partial charge in [0.2, 0.25) is 11.8 Å². The molecule has 4 aromatic rings. The second-order valence-electron chi connectivity index (χ2n) is 10.9. The molecule has 0 saturated carbocycles. The Kier molecular flexibility index (Phi) is 9.21. The van der Waals surface area contributed by atoms with Crippen LogP contribution < -0.4 is 15.2 Å². The zero-order valence-electron chi connectivity index (χ0n) is 25.0. The monoisotopic (exact) mass is 622 g/mol. The van der Waals surface area contributed by atoms with Gasteiger partial charge in [-0.1, -0.05) is 12.1 Å². The number of alkyl halides is 3. The number of benzene rings is 2. The maximum absolute atomic E-state index is 13.5. The Morgan fingerprint density at radius 2 is 1.82 bits per heavy atom. The van der Waals surface area contributed by atoms with Crippen LogP contribution in [-0.2, 0) is 12.7 Å². The molecule has 3 heterocycles. The number of anilines is 1. The van der Waals surface area contributed by atoms with Gasteiger partial charge in [0.25, 0.3) is 0 Å². The highest BCUT2D eigenvalue weighted by molar-refractivity contribution is 5.97. The van der Waals surface area contributed by atoms with Crippen LogP contribution in [0.15, 0.2) is 59.3 Å². The number of nitrogen functional groups attached to an aromatic ring is 1. The maximum Gasteiger partial charge on any atom is 0.419 e. The van der Waals surface area contributed by atoms with Crippen LogP contribution in [0.3, 0.4) is 0 Å². The number of nitrogens with one attached hydrogen (secondary N) is 1. The van der Waals surface area contributed by atoms with Crippen molar-refractivity contribution >= 4 is 17.9 Å². The molecule has 0 atom stereocenters. The van der Waals surface area contributed by atoms with Crippen LogP contribution in [0.4, 0.5) is 18.9 Å². The minimum absolute atomic E-state index is 0.135. The minimum Gasteiger partial charge on any atom is -0.480 e. The maximum atomic E-state index is 13.5. The van der Waals surface area contributed by atoms with Crippen LogP contribution >= 0.6 is 0 Å². The van der Waals surface area contributed by atoms with Crippen LogP contribution in [0.2, 0.25) is 0 Å². The van der Waals surface area contributed by atoms with Gasteiger partial charge in [-0.05, 0) is 49.7 Å². The number of esters is 1. The number of methoxy groups -OCH3 is 1. The number of oxazole rings is 1. The molecule has 0 unspecified atom stereocenters. The molecule has 0 aliphatic carbocycles. The van der Waals surface area contributed by atoms with E-state index in [4.69, 9.17) is 25.0 Å². The van der Waals surface area contributed by atoms with Gasteiger partial charge in [0.1, 0.15) is 17.1 Å². The molecule has 0 spiro atoms. The number of nitrogens with two attached hydrogens (primary N) is 1. The van der Waals surface area contributed by atoms with Crippen LogP contribution in [-0.4, -0.2) is 71.3 Å². The van der Waals surface area contributed by atoms with Gasteiger partial charge in [0.05, 0.1) is 25.4 Å². The van der Waals surface area contributed by atoms with Crippen LogP contribution in [0, 0.1) is 5.41 Å². The molecule has 0 radical (unpaired) electrons. The lowest BCUT2D eigenvalue weighted by atomic mass is 9.97. The minimum atomic E-state index is -4.73. The third-order valence-corrected chi connectivity index (χ3v) is 7.65. The summed E-state index contributed by atoms with van der Waals surface area (Å²) in [6, 6.07) is 9.60. The number of pyridine rings is 1. The van der Waals surface area contributed by atoms with E-state index in [9.17, 15) is 18.0 Å². The van der Waals surface area contributed by atoms with E-state index in [1.54, 1.807) is 18.3 Å². The number of piperazine rings is 1. The Bertz CT molecular complexity index is 1700. The summed E-state index contributed by atoms with van der Waals surface area (Å²) in [6.45, 7) is 8.69. The molecule has 236 valence electrons. The molecule has 13 heteroatoms. The summed E-state index contributed by atoms with van der Waals surface area (Å²) in [7, 11) is 1.28. The van der Waals surface area contributed by atoms with E-state index in [0.29, 0.717) is 40.6 Å². The standard InChI is InChI=1S/C32H33F3N6O4/c1-19(2)41-10-8-40(9-11-41)18-22-17-39-30(44-22)23-12-20(14-27(37)25(23)15-36)21-13-24(29(43-3)38-16-21)31(42)45-28-7-5-4-6-26(28)32(33,34)35/h4-7,12-17,19,36H,8-11,18,37H2,1-3H3. The molecule has 2 aromatic heterocycles. The lowest BCUT2D eigenvalue weighted by molar-refractivity contribution is -0.138. The first-order valence-corrected chi connectivity index (χ1v) is 14.3. The normalized spacial score (nSPS) is 14.5. The third-order valence-electron chi connectivity index (χ3n) is 7.65. The molecular formula is C32H33F3N6O4. The predicted molar refractivity (Wildman–Crippen MR) is 162 cm³/mol. The van der Waals surface area contributed by atoms with Crippen molar-refractivity contribution in [3.8, 4) is 34.2 Å². The summed E-state index contributed by atoms with van der Waals surface area (Å²) >= 11 is 0. The summed E-state index contributed by atoms with van der Waals surface area (Å²) in [5.74, 6) is -0.940. The van der Waals surface area contributed by atoms with Crippen LogP contribution in [0.5, 0.6) is 11.6 Å². The highest BCUT2D eigenvalue weighted by atomic mass is 19.4. The lowest BCUT2D eigenvalue weighted by Gasteiger charge is -2.36. The van der Waals surface area contributed by atoms with Crippen molar-refractivity contribution in [1.29, 1.82) is 5.41 Å². The van der Waals surface area contributed by atoms with Gasteiger partial charge in [0, 0.05) is 67.0 Å². The molecule has 1 fully saturated rings. The number of nitrogens with zero attached hydrogens (tertiary/aromatic N) is 4. The second kappa shape index (κ2) is 13.1. The van der Waals surface area contributed by atoms with E-state index in [2.05, 4.69) is 33.6 Å². The van der Waals surface area contributed by atoms with Crippen LogP contribution in [0.1, 0.15) is 41.1 Å². The van der Waals surface area contributed by atoms with E-state index in [-0.39, 0.29) is 23.0 Å². The molecule has 1 aliphatic heterocycles. The molecule has 10 nitrogen and oxygen atoms in total. The summed E-state index contributed by atoms with van der Waals surface area (Å²) in [4.78, 5) is 26.5. The molecule has 0 amide bonds. The number of carbonyl (C=O) groups excluding carboxylic acids is 1. The fourth-order valence-electron chi connectivity index (χ4n) is 5.21. The van der Waals surface area contributed by atoms with Gasteiger partial charge in [-0.2, -0.15) is 13.2 Å². The van der Waals surface area contributed by atoms with Crippen molar-refractivity contribution in [2.45, 2.75) is 32.6 Å². The average Bonchev–Trinajstić information content (AvgIpc) is 3.48. The van der Waals surface area contributed by atoms with Crippen molar-refractivity contribution < 1.29 is 31.9 Å². The van der Waals surface area contributed by atoms with Gasteiger partial charge in [-0.25, -0.2) is 14.8 Å². The number of rotatable bonds is 9. The van der Waals surface area contributed by atoms with Gasteiger partial charge in [-0.3, -0.25) is 9.80 Å². The molecule has 0 bridgehead atoms. The van der Waals surface area contributed by atoms with Crippen molar-refractivity contribution in [3.63, 3.8) is 0 Å². The Morgan fingerprint density at radius 1 is 1.09 bits per heavy atom. The third kappa shape index (κ3) is 6.99. The van der Waals surface area contributed by atoms with Gasteiger partial charge in [-0.15, -0.1) is 0 Å². The number of aromatic nitrogens is 2. The molecule has 2 aromatic carbocycles. The number of hydrogen-bond donors (Lipinski definition) is 2. The van der Waals surface area contributed by atoms with E-state index in [0.717, 1.165) is 44.5 Å². The Balaban J connectivity index is 1.44. The highest BCUT2D eigenvalue weighted by Gasteiger charge is 2.35. The quantitative estimate of drug-likeness (QED) is 0.104. The first kappa shape index (κ1) is 31.7. The molecule has 5 rings (SSSR count). The highest BCUT2D eigenvalue weighted by Crippen LogP contribution is 2.37. The molecule has 1 saturated heterocycles. The molecular weight excluding hydrogens is 589 g/mol. The SMILES string of the molecule is COc1ncc(-c2cc(N)c(C=N)c(-c3ncc(CN4CCN(C(C)C)CC4)o3)c2)cc1C(=O)Oc1ccccc1C(F)(F)F. The summed E-state index contributed by atoms with van der Waals surface area (Å²) in [5, 5.41) is 7.97. The number of hydrogen-bond acceptors (Lipinski definition) is 10. The van der Waals surface area contributed by atoms with Crippen molar-refractivity contribution in [3.05, 3.63) is 77.3 Å². The van der Waals surface area contributed by atoms with Crippen molar-refractivity contribution in [2.75, 3.05) is 39.0 Å². The molecule has 1 aliphatic rings. The van der Waals surface area contributed by atoms with E-state index in [1.807, 2.05) is 0 Å². The Morgan fingerprint density at radius 3 is 2.49 bits per heavy atom. The molecule has 3 N–H and O–H groups in total. The van der Waals surface area contributed by atoms with Gasteiger partial charge < -0.3 is 25.0 Å². The van der Waals surface area contributed by atoms with E-state index in [1.165, 1.54) is 31.5 Å². The van der Waals surface area contributed by atoms with Crippen molar-refractivity contribution in [1.82, 2.24) is 19.8 Å². The summed E-state index contributed by atoms with van der Waals surface area (Å²) in [5.41, 5.74) is 7.04. The number of para-hydroxylation sites is 1. The summed E-state index contributed by atoms with van der Waals surface area (Å²) in [6.07, 6.45) is -0.535. The fourth-order valence-corrected chi connectivity index (χ4v) is 5.21. The lowest BCUT2D eigenvalue weighted by Crippen LogP contribution is -2.48. The number of halogens is 3. The number of carbonyl (C=O) groups is 1. The average molecular weight is 623 g/mol. The van der Waals surface area contributed by atoms with Crippen molar-refractivity contribution in [2.24, 2.45) is 0 Å².